The topological polar surface area (TPSA) is 310 Å². The second-order valence-corrected chi connectivity index (χ2v) is 23.1. The summed E-state index contributed by atoms with van der Waals surface area (Å²) in [5, 5.41) is 104. The standard InChI is InChI=1S/C68H91NO19/c1-7-34-83-60(76)33-31-54-58(75)40-68(82-6)39-48(72)36-57(74)56(73)32-30-46(70)35-47(71)37-61(77)85-44(4)43(3)63(78)42(2)24-18-16-14-12-10-8-9-11-13-15-17-19-25-49(38-59(54)88-68)87-66-65(80)62(64(79)45(5)86-66)69-67(81)84-41-55-52-28-22-20-26-50(52)51-27-21-23-29-53(51)55/h7-29,31,33,42-49,54-59,62-66,70-75,78-80H,1,30,32,34-41H2,2-6H3,(H,69,81)/b9-8?,12-10?,13-11?,16-14?,17-15?,24-18?,25-19?,33-31+/t42-,43-,44-,45+,46+,47+,48-,49-,54+,56+,57+,58-,59-,62-,63+,64+,65-,66-,68+/m0/s1. The third-order valence-corrected chi connectivity index (χ3v) is 16.5. The highest BCUT2D eigenvalue weighted by Gasteiger charge is 2.50. The van der Waals surface area contributed by atoms with E-state index in [9.17, 15) is 60.3 Å². The van der Waals surface area contributed by atoms with Gasteiger partial charge < -0.3 is 84.4 Å². The van der Waals surface area contributed by atoms with Gasteiger partial charge >= 0.3 is 18.0 Å². The number of aliphatic hydroxyl groups excluding tert-OH is 9. The number of hydrogen-bond donors (Lipinski definition) is 10. The summed E-state index contributed by atoms with van der Waals surface area (Å²) in [6, 6.07) is 14.4. The molecule has 3 aliphatic heterocycles. The summed E-state index contributed by atoms with van der Waals surface area (Å²) >= 11 is 0. The predicted molar refractivity (Wildman–Crippen MR) is 328 cm³/mol. The molecule has 0 spiro atoms. The number of fused-ring (bicyclic) bond motifs is 5. The fourth-order valence-electron chi connectivity index (χ4n) is 11.4. The van der Waals surface area contributed by atoms with Gasteiger partial charge in [0.25, 0.3) is 0 Å². The zero-order valence-electron chi connectivity index (χ0n) is 50.8. The molecule has 1 amide bonds. The molecule has 20 heteroatoms. The van der Waals surface area contributed by atoms with Crippen LogP contribution in [0, 0.1) is 17.8 Å². The van der Waals surface area contributed by atoms with Gasteiger partial charge in [0.2, 0.25) is 0 Å². The van der Waals surface area contributed by atoms with E-state index in [0.29, 0.717) is 0 Å². The quantitative estimate of drug-likeness (QED) is 0.0552. The van der Waals surface area contributed by atoms with Crippen LogP contribution in [-0.2, 0) is 42.7 Å². The minimum Gasteiger partial charge on any atom is -0.462 e. The molecule has 19 atom stereocenters. The molecule has 20 nitrogen and oxygen atoms in total. The lowest BCUT2D eigenvalue weighted by molar-refractivity contribution is -0.315. The Bertz CT molecular complexity index is 2750. The Labute approximate surface area is 516 Å². The van der Waals surface area contributed by atoms with E-state index in [1.165, 1.54) is 19.3 Å². The van der Waals surface area contributed by atoms with Crippen LogP contribution in [0.25, 0.3) is 11.1 Å². The normalized spacial score (nSPS) is 34.5. The number of amides is 1. The maximum absolute atomic E-state index is 13.6. The van der Waals surface area contributed by atoms with Crippen LogP contribution in [-0.4, -0.2) is 182 Å². The van der Waals surface area contributed by atoms with Crippen LogP contribution in [0.5, 0.6) is 0 Å². The molecule has 482 valence electrons. The number of rotatable bonds is 10. The second-order valence-electron chi connectivity index (χ2n) is 23.1. The molecule has 0 saturated carbocycles. The van der Waals surface area contributed by atoms with Crippen molar-refractivity contribution in [3.63, 3.8) is 0 Å². The molecule has 0 radical (unpaired) electrons. The van der Waals surface area contributed by atoms with Crippen LogP contribution < -0.4 is 5.32 Å². The van der Waals surface area contributed by atoms with E-state index >= 15 is 0 Å². The first-order valence-electron chi connectivity index (χ1n) is 30.3. The van der Waals surface area contributed by atoms with Crippen molar-refractivity contribution in [2.24, 2.45) is 17.8 Å². The monoisotopic (exact) mass is 1230 g/mol. The van der Waals surface area contributed by atoms with Crippen LogP contribution in [0.3, 0.4) is 0 Å². The number of aliphatic hydroxyl groups is 9. The summed E-state index contributed by atoms with van der Waals surface area (Å²) in [7, 11) is 1.31. The lowest BCUT2D eigenvalue weighted by atomic mass is 9.82. The molecule has 3 heterocycles. The average Bonchev–Trinajstić information content (AvgIpc) is 2.74. The van der Waals surface area contributed by atoms with E-state index in [1.54, 1.807) is 63.3 Å². The molecular weight excluding hydrogens is 1130 g/mol. The molecule has 0 unspecified atom stereocenters. The molecule has 4 aliphatic rings. The Hall–Kier alpha value is -6.21. The minimum absolute atomic E-state index is 0.0349. The number of carbonyl (C=O) groups is 3. The third-order valence-electron chi connectivity index (χ3n) is 16.5. The van der Waals surface area contributed by atoms with Crippen LogP contribution in [0.4, 0.5) is 4.79 Å². The fraction of sp³-hybridized carbons (Fsp3) is 0.515. The van der Waals surface area contributed by atoms with Crippen LogP contribution >= 0.6 is 0 Å². The third kappa shape index (κ3) is 20.9. The highest BCUT2D eigenvalue weighted by Crippen LogP contribution is 2.45. The Balaban J connectivity index is 1.25. The van der Waals surface area contributed by atoms with Crippen molar-refractivity contribution >= 4 is 18.0 Å². The van der Waals surface area contributed by atoms with E-state index in [-0.39, 0.29) is 63.6 Å². The van der Waals surface area contributed by atoms with Crippen LogP contribution in [0.2, 0.25) is 0 Å². The van der Waals surface area contributed by atoms with E-state index < -0.39 is 140 Å². The Morgan fingerprint density at radius 1 is 0.670 bits per heavy atom. The van der Waals surface area contributed by atoms with Crippen molar-refractivity contribution < 1.29 is 93.5 Å². The van der Waals surface area contributed by atoms with E-state index in [0.717, 1.165) is 28.3 Å². The van der Waals surface area contributed by atoms with Gasteiger partial charge in [-0.3, -0.25) is 4.79 Å². The Morgan fingerprint density at radius 3 is 1.89 bits per heavy atom. The maximum Gasteiger partial charge on any atom is 0.407 e. The molecular formula is C68H91NO19. The molecule has 0 aromatic heterocycles. The van der Waals surface area contributed by atoms with Gasteiger partial charge in [-0.05, 0) is 55.4 Å². The lowest BCUT2D eigenvalue weighted by Crippen LogP contribution is -2.64. The number of cyclic esters (lactones) is 1. The summed E-state index contributed by atoms with van der Waals surface area (Å²) < 4.78 is 41.8. The smallest absolute Gasteiger partial charge is 0.407 e. The lowest BCUT2D eigenvalue weighted by Gasteiger charge is -2.47. The molecule has 1 aliphatic carbocycles. The SMILES string of the molecule is C=CCOC(=O)/C=C/[C@H]1[C@@H]2C[C@@H](O[C@@H]3O[C@H](C)[C@@H](O)[C@H](NC(=O)OCC4c5ccccc5-c5ccccc54)[C@@H]3O)C=CC=CC=CC=CC=CC=CC=C[C@H](C)[C@@H](O)[C@@H](C)[C@H](C)OC(=O)C[C@H](O)C[C@H](O)CC[C@@H](O)[C@H](O)C[C@H](O)C[C@](OC)(C[C@@H]1O)O2. The number of methoxy groups -OCH3 is 1. The van der Waals surface area contributed by atoms with Crippen molar-refractivity contribution in [3.8, 4) is 11.1 Å². The largest absolute Gasteiger partial charge is 0.462 e. The average molecular weight is 1230 g/mol. The minimum atomic E-state index is -1.76. The number of alkyl carbamates (subject to hydrolysis) is 1. The van der Waals surface area contributed by atoms with Crippen molar-refractivity contribution in [3.05, 3.63) is 170 Å². The van der Waals surface area contributed by atoms with Gasteiger partial charge in [0.1, 0.15) is 31.5 Å². The zero-order chi connectivity index (χ0) is 63.9. The Kier molecular flexibility index (Phi) is 28.4. The second kappa shape index (κ2) is 35.3. The van der Waals surface area contributed by atoms with Gasteiger partial charge in [-0.25, -0.2) is 9.59 Å². The van der Waals surface area contributed by atoms with Gasteiger partial charge in [0.15, 0.2) is 12.1 Å². The molecule has 6 rings (SSSR count). The Morgan fingerprint density at radius 2 is 1.27 bits per heavy atom. The molecule has 2 aromatic carbocycles. The molecule has 88 heavy (non-hydrogen) atoms. The number of hydrogen-bond acceptors (Lipinski definition) is 19. The number of ether oxygens (including phenoxy) is 7. The predicted octanol–water partition coefficient (Wildman–Crippen LogP) is 6.15. The van der Waals surface area contributed by atoms with Gasteiger partial charge in [-0.15, -0.1) is 0 Å². The van der Waals surface area contributed by atoms with Gasteiger partial charge in [-0.1, -0.05) is 166 Å². The first-order valence-corrected chi connectivity index (χ1v) is 30.3. The molecule has 2 aromatic rings. The number of esters is 2. The van der Waals surface area contributed by atoms with Crippen LogP contribution in [0.15, 0.2) is 158 Å². The number of benzene rings is 2. The summed E-state index contributed by atoms with van der Waals surface area (Å²) in [6.07, 6.45) is 8.22. The van der Waals surface area contributed by atoms with Gasteiger partial charge in [-0.2, -0.15) is 0 Å². The molecule has 10 N–H and O–H groups in total. The fourth-order valence-corrected chi connectivity index (χ4v) is 11.4. The van der Waals surface area contributed by atoms with Crippen molar-refractivity contribution in [1.29, 1.82) is 0 Å². The number of carbonyl (C=O) groups excluding carboxylic acids is 3. The summed E-state index contributed by atoms with van der Waals surface area (Å²) in [5.41, 5.74) is 4.05. The van der Waals surface area contributed by atoms with E-state index in [1.807, 2.05) is 98.0 Å². The molecule has 2 fully saturated rings. The highest BCUT2D eigenvalue weighted by molar-refractivity contribution is 5.82. The van der Waals surface area contributed by atoms with Crippen molar-refractivity contribution in [1.82, 2.24) is 5.32 Å². The highest BCUT2D eigenvalue weighted by atomic mass is 16.7. The van der Waals surface area contributed by atoms with Crippen LogP contribution in [0.1, 0.15) is 96.1 Å². The summed E-state index contributed by atoms with van der Waals surface area (Å²) in [4.78, 5) is 39.3. The van der Waals surface area contributed by atoms with E-state index in [2.05, 4.69) is 11.9 Å². The van der Waals surface area contributed by atoms with E-state index in [4.69, 9.17) is 33.2 Å². The molecule has 2 bridgehead atoms. The summed E-state index contributed by atoms with van der Waals surface area (Å²) in [5.74, 6) is -5.22. The number of nitrogens with one attached hydrogen (secondary N) is 1. The molecule has 2 saturated heterocycles. The first kappa shape index (κ1) is 70.9. The zero-order valence-corrected chi connectivity index (χ0v) is 50.8. The van der Waals surface area contributed by atoms with Crippen molar-refractivity contribution in [2.75, 3.05) is 20.3 Å². The number of allylic oxidation sites excluding steroid dienone is 12. The van der Waals surface area contributed by atoms with Gasteiger partial charge in [0, 0.05) is 62.5 Å². The van der Waals surface area contributed by atoms with Gasteiger partial charge in [0.05, 0.1) is 73.5 Å². The first-order chi connectivity index (χ1) is 42.1. The maximum atomic E-state index is 13.6. The van der Waals surface area contributed by atoms with Crippen molar-refractivity contribution in [2.45, 2.75) is 182 Å². The summed E-state index contributed by atoms with van der Waals surface area (Å²) in [6.45, 7) is 10.3.